The highest BCUT2D eigenvalue weighted by atomic mass is 16.3. The molecule has 0 aromatic rings. The van der Waals surface area contributed by atoms with Gasteiger partial charge in [0, 0.05) is 13.1 Å². The summed E-state index contributed by atoms with van der Waals surface area (Å²) in [5.41, 5.74) is 0.120. The molecule has 1 heterocycles. The van der Waals surface area contributed by atoms with E-state index in [0.717, 1.165) is 25.9 Å². The van der Waals surface area contributed by atoms with Crippen LogP contribution >= 0.6 is 0 Å². The lowest BCUT2D eigenvalue weighted by molar-refractivity contribution is 0.0136. The molecule has 0 unspecified atom stereocenters. The molecule has 1 aliphatic carbocycles. The number of hydrogen-bond donors (Lipinski definition) is 1. The van der Waals surface area contributed by atoms with Crippen molar-refractivity contribution >= 4 is 0 Å². The fourth-order valence-corrected chi connectivity index (χ4v) is 2.97. The van der Waals surface area contributed by atoms with Gasteiger partial charge < -0.3 is 5.11 Å². The standard InChI is InChI=1S/C12H23NO/c1-11(2)7-8-13(9-11)10-12(14)5-3-4-6-12/h14H,3-10H2,1-2H3. The van der Waals surface area contributed by atoms with Gasteiger partial charge in [0.25, 0.3) is 0 Å². The molecule has 1 saturated carbocycles. The molecule has 2 fully saturated rings. The first-order valence-electron chi connectivity index (χ1n) is 5.94. The minimum atomic E-state index is -0.347. The number of hydrogen-bond acceptors (Lipinski definition) is 2. The van der Waals surface area contributed by atoms with E-state index in [2.05, 4.69) is 18.7 Å². The Balaban J connectivity index is 1.86. The van der Waals surface area contributed by atoms with Gasteiger partial charge in [0.05, 0.1) is 5.60 Å². The smallest absolute Gasteiger partial charge is 0.0774 e. The van der Waals surface area contributed by atoms with Gasteiger partial charge in [0.1, 0.15) is 0 Å². The Kier molecular flexibility index (Phi) is 2.61. The second-order valence-electron chi connectivity index (χ2n) is 6.06. The lowest BCUT2D eigenvalue weighted by Crippen LogP contribution is -2.40. The molecular weight excluding hydrogens is 174 g/mol. The number of aliphatic hydroxyl groups is 1. The number of nitrogens with zero attached hydrogens (tertiary/aromatic N) is 1. The van der Waals surface area contributed by atoms with Crippen molar-refractivity contribution in [3.8, 4) is 0 Å². The van der Waals surface area contributed by atoms with E-state index < -0.39 is 0 Å². The number of likely N-dealkylation sites (tertiary alicyclic amines) is 1. The average Bonchev–Trinajstić information content (AvgIpc) is 2.59. The fraction of sp³-hybridized carbons (Fsp3) is 1.00. The molecule has 2 nitrogen and oxygen atoms in total. The Morgan fingerprint density at radius 2 is 1.79 bits per heavy atom. The molecule has 1 N–H and O–H groups in total. The Morgan fingerprint density at radius 3 is 2.29 bits per heavy atom. The SMILES string of the molecule is CC1(C)CCN(CC2(O)CCCC2)C1. The predicted octanol–water partition coefficient (Wildman–Crippen LogP) is 2.02. The first kappa shape index (κ1) is 10.4. The van der Waals surface area contributed by atoms with E-state index in [1.54, 1.807) is 0 Å². The molecule has 0 aromatic heterocycles. The Bertz CT molecular complexity index is 206. The molecule has 2 heteroatoms. The van der Waals surface area contributed by atoms with E-state index >= 15 is 0 Å². The molecule has 0 aromatic carbocycles. The van der Waals surface area contributed by atoms with Crippen LogP contribution in [0.4, 0.5) is 0 Å². The van der Waals surface area contributed by atoms with Crippen molar-refractivity contribution in [3.63, 3.8) is 0 Å². The van der Waals surface area contributed by atoms with E-state index in [1.807, 2.05) is 0 Å². The maximum Gasteiger partial charge on any atom is 0.0774 e. The first-order chi connectivity index (χ1) is 6.49. The summed E-state index contributed by atoms with van der Waals surface area (Å²) >= 11 is 0. The van der Waals surface area contributed by atoms with E-state index in [9.17, 15) is 5.11 Å². The van der Waals surface area contributed by atoms with Gasteiger partial charge in [0.15, 0.2) is 0 Å². The highest BCUT2D eigenvalue weighted by Crippen LogP contribution is 2.34. The van der Waals surface area contributed by atoms with Crippen molar-refractivity contribution in [1.82, 2.24) is 4.90 Å². The van der Waals surface area contributed by atoms with Gasteiger partial charge in [-0.1, -0.05) is 26.7 Å². The fourth-order valence-electron chi connectivity index (χ4n) is 2.97. The van der Waals surface area contributed by atoms with Gasteiger partial charge in [0.2, 0.25) is 0 Å². The second-order valence-corrected chi connectivity index (χ2v) is 6.06. The zero-order valence-electron chi connectivity index (χ0n) is 9.55. The molecule has 0 atom stereocenters. The Hall–Kier alpha value is -0.0800. The van der Waals surface area contributed by atoms with Crippen molar-refractivity contribution in [2.24, 2.45) is 5.41 Å². The van der Waals surface area contributed by atoms with Gasteiger partial charge in [-0.2, -0.15) is 0 Å². The van der Waals surface area contributed by atoms with Gasteiger partial charge in [-0.3, -0.25) is 4.90 Å². The molecule has 0 amide bonds. The monoisotopic (exact) mass is 197 g/mol. The van der Waals surface area contributed by atoms with Gasteiger partial charge in [-0.25, -0.2) is 0 Å². The van der Waals surface area contributed by atoms with Crippen LogP contribution in [0.5, 0.6) is 0 Å². The third-order valence-corrected chi connectivity index (χ3v) is 3.81. The highest BCUT2D eigenvalue weighted by molar-refractivity contribution is 4.91. The van der Waals surface area contributed by atoms with Gasteiger partial charge in [-0.15, -0.1) is 0 Å². The van der Waals surface area contributed by atoms with Crippen molar-refractivity contribution in [2.75, 3.05) is 19.6 Å². The van der Waals surface area contributed by atoms with Crippen LogP contribution in [0.2, 0.25) is 0 Å². The summed E-state index contributed by atoms with van der Waals surface area (Å²) in [6.45, 7) is 7.90. The first-order valence-corrected chi connectivity index (χ1v) is 5.94. The van der Waals surface area contributed by atoms with Crippen molar-refractivity contribution in [1.29, 1.82) is 0 Å². The maximum absolute atomic E-state index is 10.3. The summed E-state index contributed by atoms with van der Waals surface area (Å²) in [4.78, 5) is 2.45. The van der Waals surface area contributed by atoms with Crippen LogP contribution in [0.3, 0.4) is 0 Å². The summed E-state index contributed by atoms with van der Waals surface area (Å²) in [6, 6.07) is 0. The van der Waals surface area contributed by atoms with E-state index in [4.69, 9.17) is 0 Å². The zero-order chi connectivity index (χ0) is 10.2. The van der Waals surface area contributed by atoms with E-state index in [1.165, 1.54) is 25.8 Å². The van der Waals surface area contributed by atoms with Crippen LogP contribution in [-0.4, -0.2) is 35.2 Å². The van der Waals surface area contributed by atoms with Crippen LogP contribution < -0.4 is 0 Å². The molecule has 0 radical (unpaired) electrons. The molecule has 2 rings (SSSR count). The molecule has 0 bridgehead atoms. The minimum absolute atomic E-state index is 0.347. The molecule has 1 aliphatic heterocycles. The Labute approximate surface area is 87.3 Å². The molecule has 14 heavy (non-hydrogen) atoms. The van der Waals surface area contributed by atoms with Gasteiger partial charge in [-0.05, 0) is 31.2 Å². The lowest BCUT2D eigenvalue weighted by atomic mass is 9.93. The normalized spacial score (nSPS) is 31.1. The largest absolute Gasteiger partial charge is 0.389 e. The Morgan fingerprint density at radius 1 is 1.14 bits per heavy atom. The third-order valence-electron chi connectivity index (χ3n) is 3.81. The van der Waals surface area contributed by atoms with Crippen molar-refractivity contribution in [2.45, 2.75) is 51.6 Å². The predicted molar refractivity (Wildman–Crippen MR) is 58.3 cm³/mol. The number of β-amino-alcohol motifs (C(OH)–C–C–N with tert-alkyl or cyclic N) is 1. The maximum atomic E-state index is 10.3. The molecule has 0 spiro atoms. The number of rotatable bonds is 2. The highest BCUT2D eigenvalue weighted by Gasteiger charge is 2.37. The summed E-state index contributed by atoms with van der Waals surface area (Å²) in [5.74, 6) is 0. The summed E-state index contributed by atoms with van der Waals surface area (Å²) < 4.78 is 0. The lowest BCUT2D eigenvalue weighted by Gasteiger charge is -2.29. The van der Waals surface area contributed by atoms with E-state index in [-0.39, 0.29) is 5.60 Å². The molecule has 2 aliphatic rings. The zero-order valence-corrected chi connectivity index (χ0v) is 9.55. The van der Waals surface area contributed by atoms with Crippen molar-refractivity contribution in [3.05, 3.63) is 0 Å². The van der Waals surface area contributed by atoms with Crippen molar-refractivity contribution < 1.29 is 5.11 Å². The summed E-state index contributed by atoms with van der Waals surface area (Å²) in [7, 11) is 0. The summed E-state index contributed by atoms with van der Waals surface area (Å²) in [5, 5.41) is 10.3. The topological polar surface area (TPSA) is 23.5 Å². The quantitative estimate of drug-likeness (QED) is 0.732. The van der Waals surface area contributed by atoms with Crippen LogP contribution in [-0.2, 0) is 0 Å². The minimum Gasteiger partial charge on any atom is -0.389 e. The van der Waals surface area contributed by atoms with Crippen LogP contribution in [0.25, 0.3) is 0 Å². The van der Waals surface area contributed by atoms with Crippen LogP contribution in [0, 0.1) is 5.41 Å². The van der Waals surface area contributed by atoms with E-state index in [0.29, 0.717) is 5.41 Å². The molecule has 1 saturated heterocycles. The molecule has 82 valence electrons. The second kappa shape index (κ2) is 3.49. The van der Waals surface area contributed by atoms with Crippen LogP contribution in [0.1, 0.15) is 46.0 Å². The van der Waals surface area contributed by atoms with Crippen LogP contribution in [0.15, 0.2) is 0 Å². The average molecular weight is 197 g/mol. The van der Waals surface area contributed by atoms with Gasteiger partial charge >= 0.3 is 0 Å². The molecular formula is C12H23NO. The summed E-state index contributed by atoms with van der Waals surface area (Å²) in [6.07, 6.45) is 5.75. The third kappa shape index (κ3) is 2.29.